The summed E-state index contributed by atoms with van der Waals surface area (Å²) < 4.78 is 0. The molecule has 1 heterocycles. The van der Waals surface area contributed by atoms with Gasteiger partial charge in [-0.3, -0.25) is 4.90 Å². The van der Waals surface area contributed by atoms with Gasteiger partial charge in [0.15, 0.2) is 0 Å². The first kappa shape index (κ1) is 13.8. The molecule has 3 rings (SSSR count). The van der Waals surface area contributed by atoms with Gasteiger partial charge in [-0.25, -0.2) is 0 Å². The first-order chi connectivity index (χ1) is 8.96. The highest BCUT2D eigenvalue weighted by Gasteiger charge is 2.64. The third-order valence-electron chi connectivity index (χ3n) is 5.53. The Morgan fingerprint density at radius 1 is 0.895 bits per heavy atom. The fourth-order valence-electron chi connectivity index (χ4n) is 4.40. The number of piperidine rings is 1. The summed E-state index contributed by atoms with van der Waals surface area (Å²) in [6, 6.07) is -0.0834. The second-order valence-electron chi connectivity index (χ2n) is 6.65. The molecule has 19 heavy (non-hydrogen) atoms. The Bertz CT molecular complexity index is 346. The molecule has 1 saturated heterocycles. The minimum Gasteiger partial charge on any atom is -0.390 e. The molecule has 110 valence electrons. The number of likely N-dealkylation sites (tertiary alicyclic amines) is 1. The lowest BCUT2D eigenvalue weighted by molar-refractivity contribution is -0.222. The molecule has 1 aliphatic heterocycles. The number of fused-ring (bicyclic) bond motifs is 1. The topological polar surface area (TPSA) is 84.2 Å². The molecular formula is C14H25NO4. The summed E-state index contributed by atoms with van der Waals surface area (Å²) in [5.41, 5.74) is -2.52. The van der Waals surface area contributed by atoms with Crippen LogP contribution in [0.4, 0.5) is 0 Å². The second kappa shape index (κ2) is 4.67. The fraction of sp³-hybridized carbons (Fsp3) is 1.00. The van der Waals surface area contributed by atoms with Crippen molar-refractivity contribution < 1.29 is 20.4 Å². The van der Waals surface area contributed by atoms with E-state index in [9.17, 15) is 20.4 Å². The van der Waals surface area contributed by atoms with Gasteiger partial charge in [0.1, 0.15) is 5.60 Å². The Morgan fingerprint density at radius 3 is 2.21 bits per heavy atom. The first-order valence-electron chi connectivity index (χ1n) is 7.51. The molecule has 0 aromatic heterocycles. The minimum absolute atomic E-state index is 0.0752. The van der Waals surface area contributed by atoms with Crippen LogP contribution in [0, 0.1) is 0 Å². The lowest BCUT2D eigenvalue weighted by atomic mass is 9.70. The van der Waals surface area contributed by atoms with Crippen LogP contribution in [0.5, 0.6) is 0 Å². The third kappa shape index (κ3) is 2.03. The highest BCUT2D eigenvalue weighted by molar-refractivity contribution is 5.17. The van der Waals surface area contributed by atoms with Crippen LogP contribution in [-0.2, 0) is 0 Å². The van der Waals surface area contributed by atoms with E-state index in [4.69, 9.17) is 0 Å². The van der Waals surface area contributed by atoms with Gasteiger partial charge < -0.3 is 20.4 Å². The second-order valence-corrected chi connectivity index (χ2v) is 6.65. The van der Waals surface area contributed by atoms with Crippen molar-refractivity contribution in [3.63, 3.8) is 0 Å². The maximum absolute atomic E-state index is 11.0. The van der Waals surface area contributed by atoms with Crippen LogP contribution < -0.4 is 0 Å². The molecule has 4 N–H and O–H groups in total. The zero-order valence-corrected chi connectivity index (χ0v) is 11.3. The Kier molecular flexibility index (Phi) is 3.38. The summed E-state index contributed by atoms with van der Waals surface area (Å²) in [5.74, 6) is 0. The largest absolute Gasteiger partial charge is 0.390 e. The van der Waals surface area contributed by atoms with E-state index in [1.807, 2.05) is 0 Å². The zero-order valence-electron chi connectivity index (χ0n) is 11.3. The van der Waals surface area contributed by atoms with Crippen LogP contribution in [-0.4, -0.2) is 67.9 Å². The monoisotopic (exact) mass is 271 g/mol. The van der Waals surface area contributed by atoms with Crippen molar-refractivity contribution in [2.24, 2.45) is 0 Å². The summed E-state index contributed by atoms with van der Waals surface area (Å²) in [5, 5.41) is 41.4. The quantitative estimate of drug-likeness (QED) is 0.522. The molecule has 0 amide bonds. The smallest absolute Gasteiger partial charge is 0.111 e. The van der Waals surface area contributed by atoms with Crippen molar-refractivity contribution in [2.75, 3.05) is 13.1 Å². The summed E-state index contributed by atoms with van der Waals surface area (Å²) >= 11 is 0. The molecule has 3 aliphatic rings. The third-order valence-corrected chi connectivity index (χ3v) is 5.53. The van der Waals surface area contributed by atoms with E-state index in [1.54, 1.807) is 0 Å². The molecule has 0 spiro atoms. The minimum atomic E-state index is -1.27. The van der Waals surface area contributed by atoms with Gasteiger partial charge in [0.05, 0.1) is 17.8 Å². The Labute approximate surface area is 113 Å². The highest BCUT2D eigenvalue weighted by Crippen LogP contribution is 2.50. The summed E-state index contributed by atoms with van der Waals surface area (Å²) in [4.78, 5) is 2.27. The molecule has 5 heteroatoms. The maximum Gasteiger partial charge on any atom is 0.111 e. The predicted molar refractivity (Wildman–Crippen MR) is 69.6 cm³/mol. The van der Waals surface area contributed by atoms with Gasteiger partial charge in [-0.15, -0.1) is 0 Å². The van der Waals surface area contributed by atoms with E-state index >= 15 is 0 Å². The SMILES string of the molecule is OC1CC2(O)CCC(N3CCCCC3)C2(O)CC1O. The normalized spacial score (nSPS) is 52.1. The van der Waals surface area contributed by atoms with Gasteiger partial charge in [0.2, 0.25) is 0 Å². The van der Waals surface area contributed by atoms with Crippen molar-refractivity contribution in [1.29, 1.82) is 0 Å². The standard InChI is InChI=1S/C14H25NO4/c16-10-8-13(18)5-4-12(14(13,19)9-11(10)17)15-6-2-1-3-7-15/h10-12,16-19H,1-9H2. The molecule has 0 radical (unpaired) electrons. The number of nitrogens with zero attached hydrogens (tertiary/aromatic N) is 1. The first-order valence-corrected chi connectivity index (χ1v) is 7.51. The Balaban J connectivity index is 1.84. The van der Waals surface area contributed by atoms with E-state index < -0.39 is 23.4 Å². The molecular weight excluding hydrogens is 246 g/mol. The maximum atomic E-state index is 11.0. The molecule has 2 saturated carbocycles. The van der Waals surface area contributed by atoms with Gasteiger partial charge in [-0.05, 0) is 38.8 Å². The molecule has 3 fully saturated rings. The highest BCUT2D eigenvalue weighted by atomic mass is 16.4. The number of hydrogen-bond donors (Lipinski definition) is 4. The van der Waals surface area contributed by atoms with E-state index in [1.165, 1.54) is 6.42 Å². The summed E-state index contributed by atoms with van der Waals surface area (Å²) in [6.07, 6.45) is 3.04. The molecule has 5 nitrogen and oxygen atoms in total. The van der Waals surface area contributed by atoms with Crippen LogP contribution in [0.1, 0.15) is 44.9 Å². The average molecular weight is 271 g/mol. The van der Waals surface area contributed by atoms with Crippen molar-refractivity contribution in [2.45, 2.75) is 74.4 Å². The van der Waals surface area contributed by atoms with Crippen molar-refractivity contribution in [1.82, 2.24) is 4.90 Å². The van der Waals surface area contributed by atoms with Crippen LogP contribution in [0.3, 0.4) is 0 Å². The lowest BCUT2D eigenvalue weighted by Crippen LogP contribution is -2.66. The van der Waals surface area contributed by atoms with E-state index in [0.29, 0.717) is 6.42 Å². The van der Waals surface area contributed by atoms with Crippen LogP contribution in [0.15, 0.2) is 0 Å². The molecule has 0 aromatic carbocycles. The van der Waals surface area contributed by atoms with Gasteiger partial charge in [-0.2, -0.15) is 0 Å². The number of rotatable bonds is 1. The van der Waals surface area contributed by atoms with Gasteiger partial charge >= 0.3 is 0 Å². The van der Waals surface area contributed by atoms with Gasteiger partial charge in [0.25, 0.3) is 0 Å². The Morgan fingerprint density at radius 2 is 1.53 bits per heavy atom. The average Bonchev–Trinajstić information content (AvgIpc) is 2.63. The molecule has 0 aromatic rings. The number of aliphatic hydroxyl groups excluding tert-OH is 2. The lowest BCUT2D eigenvalue weighted by Gasteiger charge is -2.51. The zero-order chi connectivity index (χ0) is 13.7. The predicted octanol–water partition coefficient (Wildman–Crippen LogP) is -0.388. The molecule has 2 aliphatic carbocycles. The fourth-order valence-corrected chi connectivity index (χ4v) is 4.40. The van der Waals surface area contributed by atoms with Crippen LogP contribution in [0.25, 0.3) is 0 Å². The van der Waals surface area contributed by atoms with Crippen LogP contribution in [0.2, 0.25) is 0 Å². The number of aliphatic hydroxyl groups is 4. The molecule has 5 unspecified atom stereocenters. The molecule has 0 bridgehead atoms. The molecule has 5 atom stereocenters. The van der Waals surface area contributed by atoms with Crippen molar-refractivity contribution in [3.05, 3.63) is 0 Å². The van der Waals surface area contributed by atoms with Crippen molar-refractivity contribution >= 4 is 0 Å². The van der Waals surface area contributed by atoms with Gasteiger partial charge in [0, 0.05) is 18.9 Å². The summed E-state index contributed by atoms with van der Waals surface area (Å²) in [7, 11) is 0. The van der Waals surface area contributed by atoms with Gasteiger partial charge in [-0.1, -0.05) is 6.42 Å². The van der Waals surface area contributed by atoms with E-state index in [0.717, 1.165) is 32.4 Å². The number of hydrogen-bond acceptors (Lipinski definition) is 5. The van der Waals surface area contributed by atoms with Crippen LogP contribution >= 0.6 is 0 Å². The van der Waals surface area contributed by atoms with Crippen molar-refractivity contribution in [3.8, 4) is 0 Å². The Hall–Kier alpha value is -0.200. The summed E-state index contributed by atoms with van der Waals surface area (Å²) in [6.45, 7) is 1.92. The van der Waals surface area contributed by atoms with E-state index in [-0.39, 0.29) is 18.9 Å². The van der Waals surface area contributed by atoms with E-state index in [2.05, 4.69) is 4.90 Å².